The smallest absolute Gasteiger partial charge is 0.340 e. The maximum Gasteiger partial charge on any atom is 0.416 e. The fourth-order valence-corrected chi connectivity index (χ4v) is 4.04. The van der Waals surface area contributed by atoms with E-state index in [0.29, 0.717) is 10.6 Å². The van der Waals surface area contributed by atoms with Crippen LogP contribution < -0.4 is 10.6 Å². The first kappa shape index (κ1) is 25.0. The van der Waals surface area contributed by atoms with Gasteiger partial charge < -0.3 is 5.32 Å². The third kappa shape index (κ3) is 6.30. The Labute approximate surface area is 207 Å². The number of nitrogens with zero attached hydrogens (tertiary/aromatic N) is 2. The summed E-state index contributed by atoms with van der Waals surface area (Å²) < 4.78 is 51.7. The van der Waals surface area contributed by atoms with E-state index in [1.165, 1.54) is 24.3 Å². The summed E-state index contributed by atoms with van der Waals surface area (Å²) in [6.45, 7) is 0. The van der Waals surface area contributed by atoms with E-state index in [-0.39, 0.29) is 17.1 Å². The minimum absolute atomic E-state index is 0.0247. The molecular weight excluding hydrogens is 496 g/mol. The van der Waals surface area contributed by atoms with Crippen LogP contribution in [0.15, 0.2) is 78.9 Å². The predicted octanol–water partition coefficient (Wildman–Crippen LogP) is 5.34. The fourth-order valence-electron chi connectivity index (χ4n) is 3.29. The lowest BCUT2D eigenvalue weighted by Crippen LogP contribution is -2.45. The van der Waals surface area contributed by atoms with Crippen LogP contribution in [0.3, 0.4) is 0 Å². The standard InChI is InChI=1S/C25H18F4N4O2S/c26-19-12-8-17(9-13-19)23-32-33-24(36-23)31-22(35)20(14-15-4-2-1-3-5-15)30-21(34)16-6-10-18(11-7-16)25(27,28)29/h1-13,20H,14H2,(H,30,34)(H,31,33,35)/t20-/m1/s1. The van der Waals surface area contributed by atoms with E-state index >= 15 is 0 Å². The number of hydrogen-bond acceptors (Lipinski definition) is 5. The summed E-state index contributed by atoms with van der Waals surface area (Å²) in [5.74, 6) is -1.69. The predicted molar refractivity (Wildman–Crippen MR) is 127 cm³/mol. The van der Waals surface area contributed by atoms with Crippen LogP contribution in [0.1, 0.15) is 21.5 Å². The van der Waals surface area contributed by atoms with Crippen molar-refractivity contribution in [3.8, 4) is 10.6 Å². The van der Waals surface area contributed by atoms with Crippen LogP contribution in [-0.2, 0) is 17.4 Å². The van der Waals surface area contributed by atoms with E-state index < -0.39 is 35.4 Å². The molecule has 0 unspecified atom stereocenters. The lowest BCUT2D eigenvalue weighted by Gasteiger charge is -2.18. The van der Waals surface area contributed by atoms with Crippen LogP contribution in [0.25, 0.3) is 10.6 Å². The summed E-state index contributed by atoms with van der Waals surface area (Å²) in [6.07, 6.45) is -4.40. The minimum atomic E-state index is -4.53. The largest absolute Gasteiger partial charge is 0.416 e. The molecule has 0 aliphatic rings. The molecule has 0 fully saturated rings. The lowest BCUT2D eigenvalue weighted by molar-refractivity contribution is -0.137. The van der Waals surface area contributed by atoms with Gasteiger partial charge >= 0.3 is 6.18 Å². The van der Waals surface area contributed by atoms with Gasteiger partial charge in [0.15, 0.2) is 0 Å². The zero-order valence-corrected chi connectivity index (χ0v) is 19.2. The van der Waals surface area contributed by atoms with Gasteiger partial charge in [-0.2, -0.15) is 13.2 Å². The highest BCUT2D eigenvalue weighted by Gasteiger charge is 2.30. The molecule has 0 spiro atoms. The number of carbonyl (C=O) groups is 2. The highest BCUT2D eigenvalue weighted by Crippen LogP contribution is 2.29. The highest BCUT2D eigenvalue weighted by molar-refractivity contribution is 7.18. The van der Waals surface area contributed by atoms with Crippen molar-refractivity contribution in [3.63, 3.8) is 0 Å². The van der Waals surface area contributed by atoms with Crippen molar-refractivity contribution in [1.29, 1.82) is 0 Å². The number of alkyl halides is 3. The van der Waals surface area contributed by atoms with E-state index in [0.717, 1.165) is 41.2 Å². The average molecular weight is 515 g/mol. The number of rotatable bonds is 7. The molecule has 1 aromatic heterocycles. The lowest BCUT2D eigenvalue weighted by atomic mass is 10.0. The maximum absolute atomic E-state index is 13.2. The Balaban J connectivity index is 1.50. The van der Waals surface area contributed by atoms with Crippen molar-refractivity contribution < 1.29 is 27.2 Å². The summed E-state index contributed by atoms with van der Waals surface area (Å²) >= 11 is 1.07. The molecule has 0 radical (unpaired) electrons. The van der Waals surface area contributed by atoms with Crippen molar-refractivity contribution in [2.45, 2.75) is 18.6 Å². The Kier molecular flexibility index (Phi) is 7.39. The zero-order chi connectivity index (χ0) is 25.7. The van der Waals surface area contributed by atoms with Crippen molar-refractivity contribution in [2.24, 2.45) is 0 Å². The quantitative estimate of drug-likeness (QED) is 0.326. The first-order valence-electron chi connectivity index (χ1n) is 10.6. The monoisotopic (exact) mass is 514 g/mol. The molecule has 184 valence electrons. The number of aromatic nitrogens is 2. The number of hydrogen-bond donors (Lipinski definition) is 2. The minimum Gasteiger partial charge on any atom is -0.340 e. The molecule has 36 heavy (non-hydrogen) atoms. The summed E-state index contributed by atoms with van der Waals surface area (Å²) in [5, 5.41) is 13.8. The van der Waals surface area contributed by atoms with Crippen molar-refractivity contribution in [3.05, 3.63) is 101 Å². The number of anilines is 1. The first-order chi connectivity index (χ1) is 17.2. The van der Waals surface area contributed by atoms with Crippen LogP contribution in [0, 0.1) is 5.82 Å². The van der Waals surface area contributed by atoms with Gasteiger partial charge in [-0.05, 0) is 54.1 Å². The SMILES string of the molecule is O=C(N[C@H](Cc1ccccc1)C(=O)Nc1nnc(-c2ccc(F)cc2)s1)c1ccc(C(F)(F)F)cc1. The number of amides is 2. The number of carbonyl (C=O) groups excluding carboxylic acids is 2. The molecule has 11 heteroatoms. The van der Waals surface area contributed by atoms with Crippen LogP contribution >= 0.6 is 11.3 Å². The third-order valence-corrected chi connectivity index (χ3v) is 6.01. The maximum atomic E-state index is 13.2. The van der Waals surface area contributed by atoms with E-state index in [2.05, 4.69) is 20.8 Å². The van der Waals surface area contributed by atoms with Gasteiger partial charge in [0.1, 0.15) is 16.9 Å². The number of halogens is 4. The Morgan fingerprint density at radius 2 is 1.56 bits per heavy atom. The van der Waals surface area contributed by atoms with Gasteiger partial charge in [0, 0.05) is 17.5 Å². The Morgan fingerprint density at radius 1 is 0.889 bits per heavy atom. The molecule has 0 saturated heterocycles. The molecule has 3 aromatic carbocycles. The van der Waals surface area contributed by atoms with Gasteiger partial charge in [-0.3, -0.25) is 14.9 Å². The zero-order valence-electron chi connectivity index (χ0n) is 18.4. The summed E-state index contributed by atoms with van der Waals surface area (Å²) in [4.78, 5) is 25.8. The van der Waals surface area contributed by atoms with Gasteiger partial charge in [-0.1, -0.05) is 41.7 Å². The van der Waals surface area contributed by atoms with Gasteiger partial charge in [-0.15, -0.1) is 10.2 Å². The van der Waals surface area contributed by atoms with Crippen LogP contribution in [0.2, 0.25) is 0 Å². The molecule has 0 bridgehead atoms. The normalized spacial score (nSPS) is 12.1. The van der Waals surface area contributed by atoms with Crippen molar-refractivity contribution in [2.75, 3.05) is 5.32 Å². The topological polar surface area (TPSA) is 84.0 Å². The molecule has 0 saturated carbocycles. The first-order valence-corrected chi connectivity index (χ1v) is 11.4. The van der Waals surface area contributed by atoms with E-state index in [9.17, 15) is 27.2 Å². The number of benzene rings is 3. The second kappa shape index (κ2) is 10.6. The van der Waals surface area contributed by atoms with Crippen LogP contribution in [-0.4, -0.2) is 28.1 Å². The highest BCUT2D eigenvalue weighted by atomic mass is 32.1. The van der Waals surface area contributed by atoms with E-state index in [1.54, 1.807) is 30.3 Å². The second-order valence-corrected chi connectivity index (χ2v) is 8.68. The summed E-state index contributed by atoms with van der Waals surface area (Å²) in [5.41, 5.74) is 0.467. The third-order valence-electron chi connectivity index (χ3n) is 5.13. The number of nitrogens with one attached hydrogen (secondary N) is 2. The molecule has 2 N–H and O–H groups in total. The molecule has 4 aromatic rings. The van der Waals surface area contributed by atoms with E-state index in [4.69, 9.17) is 0 Å². The molecule has 6 nitrogen and oxygen atoms in total. The van der Waals surface area contributed by atoms with Crippen LogP contribution in [0.4, 0.5) is 22.7 Å². The van der Waals surface area contributed by atoms with Crippen molar-refractivity contribution >= 4 is 28.3 Å². The van der Waals surface area contributed by atoms with Crippen LogP contribution in [0.5, 0.6) is 0 Å². The second-order valence-electron chi connectivity index (χ2n) is 7.70. The summed E-state index contributed by atoms with van der Waals surface area (Å²) in [6, 6.07) is 17.2. The molecule has 1 heterocycles. The molecule has 4 rings (SSSR count). The van der Waals surface area contributed by atoms with Gasteiger partial charge in [0.2, 0.25) is 11.0 Å². The van der Waals surface area contributed by atoms with Crippen molar-refractivity contribution in [1.82, 2.24) is 15.5 Å². The van der Waals surface area contributed by atoms with E-state index in [1.807, 2.05) is 0 Å². The summed E-state index contributed by atoms with van der Waals surface area (Å²) in [7, 11) is 0. The van der Waals surface area contributed by atoms with Gasteiger partial charge in [0.05, 0.1) is 5.56 Å². The Morgan fingerprint density at radius 3 is 2.19 bits per heavy atom. The fraction of sp³-hybridized carbons (Fsp3) is 0.120. The van der Waals surface area contributed by atoms with Gasteiger partial charge in [0.25, 0.3) is 5.91 Å². The molecular formula is C25H18F4N4O2S. The molecule has 0 aliphatic carbocycles. The molecule has 0 aliphatic heterocycles. The Bertz CT molecular complexity index is 1340. The molecule has 2 amide bonds. The Hall–Kier alpha value is -4.12. The molecule has 1 atom stereocenters. The average Bonchev–Trinajstić information content (AvgIpc) is 3.32. The van der Waals surface area contributed by atoms with Gasteiger partial charge in [-0.25, -0.2) is 4.39 Å².